The van der Waals surface area contributed by atoms with Gasteiger partial charge in [0.05, 0.1) is 16.8 Å². The third-order valence-corrected chi connectivity index (χ3v) is 3.68. The minimum Gasteiger partial charge on any atom is -0.391 e. The molecule has 20 heavy (non-hydrogen) atoms. The van der Waals surface area contributed by atoms with Crippen LogP contribution in [-0.4, -0.2) is 44.9 Å². The van der Waals surface area contributed by atoms with Gasteiger partial charge in [0.1, 0.15) is 0 Å². The lowest BCUT2D eigenvalue weighted by Crippen LogP contribution is -2.29. The molecule has 1 fully saturated rings. The Hall–Kier alpha value is -1.85. The molecule has 104 valence electrons. The number of likely N-dealkylation sites (tertiary alicyclic amines) is 1. The summed E-state index contributed by atoms with van der Waals surface area (Å²) in [5.41, 5.74) is 1.09. The maximum atomic E-state index is 12.2. The molecule has 1 aromatic heterocycles. The maximum absolute atomic E-state index is 12.2. The van der Waals surface area contributed by atoms with Crippen molar-refractivity contribution < 1.29 is 9.90 Å². The summed E-state index contributed by atoms with van der Waals surface area (Å²) in [5, 5.41) is 14.3. The highest BCUT2D eigenvalue weighted by atomic mass is 35.5. The molecule has 5 nitrogen and oxygen atoms in total. The number of rotatable bonds is 2. The zero-order valence-corrected chi connectivity index (χ0v) is 11.5. The van der Waals surface area contributed by atoms with E-state index in [0.717, 1.165) is 5.69 Å². The molecule has 1 saturated heterocycles. The molecule has 2 heterocycles. The third kappa shape index (κ3) is 2.42. The highest BCUT2D eigenvalue weighted by molar-refractivity contribution is 6.32. The van der Waals surface area contributed by atoms with Gasteiger partial charge in [-0.25, -0.2) is 4.68 Å². The van der Waals surface area contributed by atoms with Crippen molar-refractivity contribution in [3.8, 4) is 5.69 Å². The zero-order chi connectivity index (χ0) is 14.1. The van der Waals surface area contributed by atoms with Crippen LogP contribution in [0.2, 0.25) is 5.02 Å². The van der Waals surface area contributed by atoms with E-state index in [9.17, 15) is 9.90 Å². The van der Waals surface area contributed by atoms with Gasteiger partial charge < -0.3 is 10.0 Å². The first-order valence-electron chi connectivity index (χ1n) is 6.43. The fourth-order valence-electron chi connectivity index (χ4n) is 2.30. The Balaban J connectivity index is 1.84. The summed E-state index contributed by atoms with van der Waals surface area (Å²) in [6, 6.07) is 8.98. The highest BCUT2D eigenvalue weighted by Crippen LogP contribution is 2.20. The molecule has 1 atom stereocenters. The Labute approximate surface area is 121 Å². The average Bonchev–Trinajstić information content (AvgIpc) is 3.07. The van der Waals surface area contributed by atoms with Crippen molar-refractivity contribution in [2.45, 2.75) is 12.5 Å². The first-order chi connectivity index (χ1) is 9.65. The molecule has 0 spiro atoms. The monoisotopic (exact) mass is 291 g/mol. The van der Waals surface area contributed by atoms with E-state index in [-0.39, 0.29) is 5.91 Å². The molecule has 0 saturated carbocycles. The van der Waals surface area contributed by atoms with Crippen LogP contribution >= 0.6 is 11.6 Å². The Morgan fingerprint density at radius 2 is 2.15 bits per heavy atom. The summed E-state index contributed by atoms with van der Waals surface area (Å²) < 4.78 is 1.59. The lowest BCUT2D eigenvalue weighted by molar-refractivity contribution is 0.0759. The van der Waals surface area contributed by atoms with Crippen LogP contribution in [0.5, 0.6) is 0 Å². The van der Waals surface area contributed by atoms with Crippen molar-refractivity contribution in [3.63, 3.8) is 0 Å². The van der Waals surface area contributed by atoms with Crippen LogP contribution in [0, 0.1) is 0 Å². The number of para-hydroxylation sites is 1. The van der Waals surface area contributed by atoms with Gasteiger partial charge in [-0.3, -0.25) is 4.79 Å². The number of benzene rings is 1. The summed E-state index contributed by atoms with van der Waals surface area (Å²) >= 11 is 6.10. The predicted octanol–water partition coefficient (Wildman–Crippen LogP) is 1.73. The van der Waals surface area contributed by atoms with Crippen molar-refractivity contribution in [1.82, 2.24) is 14.7 Å². The number of aliphatic hydroxyl groups excluding tert-OH is 1. The molecule has 0 bridgehead atoms. The molecule has 6 heteroatoms. The van der Waals surface area contributed by atoms with Crippen LogP contribution in [0.4, 0.5) is 0 Å². The summed E-state index contributed by atoms with van der Waals surface area (Å²) in [6.45, 7) is 0.941. The van der Waals surface area contributed by atoms with Gasteiger partial charge in [0.15, 0.2) is 5.69 Å². The van der Waals surface area contributed by atoms with Crippen molar-refractivity contribution in [3.05, 3.63) is 47.2 Å². The molecule has 1 amide bonds. The molecule has 1 N–H and O–H groups in total. The van der Waals surface area contributed by atoms with E-state index in [4.69, 9.17) is 11.6 Å². The van der Waals surface area contributed by atoms with Crippen LogP contribution in [0.15, 0.2) is 36.5 Å². The van der Waals surface area contributed by atoms with Crippen LogP contribution in [0.1, 0.15) is 16.9 Å². The number of amides is 1. The van der Waals surface area contributed by atoms with E-state index < -0.39 is 6.10 Å². The Kier molecular flexibility index (Phi) is 3.46. The Morgan fingerprint density at radius 3 is 2.85 bits per heavy atom. The van der Waals surface area contributed by atoms with Crippen LogP contribution < -0.4 is 0 Å². The molecule has 2 aromatic rings. The number of hydrogen-bond acceptors (Lipinski definition) is 3. The summed E-state index contributed by atoms with van der Waals surface area (Å²) in [6.07, 6.45) is 1.90. The van der Waals surface area contributed by atoms with Gasteiger partial charge in [0, 0.05) is 19.3 Å². The number of aromatic nitrogens is 2. The lowest BCUT2D eigenvalue weighted by Gasteiger charge is -2.13. The number of carbonyl (C=O) groups is 1. The first-order valence-corrected chi connectivity index (χ1v) is 6.81. The number of β-amino-alcohol motifs (C(OH)–C–C–N with tert-alkyl or cyclic N) is 1. The lowest BCUT2D eigenvalue weighted by atomic mass is 10.3. The van der Waals surface area contributed by atoms with Gasteiger partial charge >= 0.3 is 0 Å². The van der Waals surface area contributed by atoms with Crippen molar-refractivity contribution in [2.24, 2.45) is 0 Å². The smallest absolute Gasteiger partial charge is 0.274 e. The normalized spacial score (nSPS) is 18.5. The second-order valence-electron chi connectivity index (χ2n) is 4.79. The molecular weight excluding hydrogens is 278 g/mol. The largest absolute Gasteiger partial charge is 0.391 e. The molecule has 1 aromatic carbocycles. The third-order valence-electron chi connectivity index (χ3n) is 3.36. The number of hydrogen-bond donors (Lipinski definition) is 1. The zero-order valence-electron chi connectivity index (χ0n) is 10.7. The second kappa shape index (κ2) is 5.26. The van der Waals surface area contributed by atoms with Crippen LogP contribution in [0.25, 0.3) is 5.69 Å². The van der Waals surface area contributed by atoms with Crippen LogP contribution in [-0.2, 0) is 0 Å². The predicted molar refractivity (Wildman–Crippen MR) is 75.1 cm³/mol. The van der Waals surface area contributed by atoms with Crippen molar-refractivity contribution in [1.29, 1.82) is 0 Å². The van der Waals surface area contributed by atoms with E-state index >= 15 is 0 Å². The molecule has 0 aliphatic carbocycles. The average molecular weight is 292 g/mol. The molecular formula is C14H14ClN3O2. The Bertz CT molecular complexity index is 641. The minimum atomic E-state index is -0.426. The quantitative estimate of drug-likeness (QED) is 0.917. The standard InChI is InChI=1S/C14H14ClN3O2/c15-11-3-1-2-4-13(11)18-8-6-12(16-18)14(20)17-7-5-10(19)9-17/h1-4,6,8,10,19H,5,7,9H2/t10-/m0/s1. The molecule has 0 unspecified atom stereocenters. The number of nitrogens with zero attached hydrogens (tertiary/aromatic N) is 3. The summed E-state index contributed by atoms with van der Waals surface area (Å²) in [7, 11) is 0. The van der Waals surface area contributed by atoms with Crippen LogP contribution in [0.3, 0.4) is 0 Å². The first kappa shape index (κ1) is 13.1. The van der Waals surface area contributed by atoms with E-state index in [2.05, 4.69) is 5.10 Å². The van der Waals surface area contributed by atoms with Gasteiger partial charge in [-0.15, -0.1) is 0 Å². The van der Waals surface area contributed by atoms with Gasteiger partial charge in [0.25, 0.3) is 5.91 Å². The maximum Gasteiger partial charge on any atom is 0.274 e. The van der Waals surface area contributed by atoms with E-state index in [0.29, 0.717) is 30.2 Å². The fraction of sp³-hybridized carbons (Fsp3) is 0.286. The SMILES string of the molecule is O=C(c1ccn(-c2ccccc2Cl)n1)N1CC[C@H](O)C1. The van der Waals surface area contributed by atoms with Crippen molar-refractivity contribution >= 4 is 17.5 Å². The summed E-state index contributed by atoms with van der Waals surface area (Å²) in [4.78, 5) is 13.8. The molecule has 0 radical (unpaired) electrons. The van der Waals surface area contributed by atoms with Gasteiger partial charge in [-0.1, -0.05) is 23.7 Å². The van der Waals surface area contributed by atoms with E-state index in [1.165, 1.54) is 0 Å². The van der Waals surface area contributed by atoms with E-state index in [1.54, 1.807) is 27.9 Å². The van der Waals surface area contributed by atoms with Gasteiger partial charge in [-0.2, -0.15) is 5.10 Å². The highest BCUT2D eigenvalue weighted by Gasteiger charge is 2.26. The van der Waals surface area contributed by atoms with E-state index in [1.807, 2.05) is 18.2 Å². The minimum absolute atomic E-state index is 0.160. The van der Waals surface area contributed by atoms with Gasteiger partial charge in [-0.05, 0) is 24.6 Å². The van der Waals surface area contributed by atoms with Gasteiger partial charge in [0.2, 0.25) is 0 Å². The van der Waals surface area contributed by atoms with Crippen molar-refractivity contribution in [2.75, 3.05) is 13.1 Å². The Morgan fingerprint density at radius 1 is 1.35 bits per heavy atom. The molecule has 1 aliphatic heterocycles. The number of aliphatic hydroxyl groups is 1. The topological polar surface area (TPSA) is 58.4 Å². The fourth-order valence-corrected chi connectivity index (χ4v) is 2.52. The summed E-state index contributed by atoms with van der Waals surface area (Å²) in [5.74, 6) is -0.160. The molecule has 1 aliphatic rings. The number of carbonyl (C=O) groups excluding carboxylic acids is 1. The second-order valence-corrected chi connectivity index (χ2v) is 5.20. The number of halogens is 1. The molecule has 3 rings (SSSR count).